The molecule has 84 valence electrons. The second-order valence-corrected chi connectivity index (χ2v) is 3.34. The number of nitrogens with two attached hydrogens (primary N) is 1. The van der Waals surface area contributed by atoms with Gasteiger partial charge in [-0.2, -0.15) is 5.26 Å². The zero-order chi connectivity index (χ0) is 12.4. The van der Waals surface area contributed by atoms with E-state index >= 15 is 0 Å². The predicted molar refractivity (Wildman–Crippen MR) is 60.9 cm³/mol. The van der Waals surface area contributed by atoms with Crippen molar-refractivity contribution >= 4 is 16.8 Å². The molecule has 0 atom stereocenters. The Kier molecular flexibility index (Phi) is 2.60. The Hall–Kier alpha value is -2.65. The van der Waals surface area contributed by atoms with Gasteiger partial charge in [0, 0.05) is 11.6 Å². The van der Waals surface area contributed by atoms with Crippen LogP contribution in [0, 0.1) is 11.3 Å². The van der Waals surface area contributed by atoms with E-state index in [0.29, 0.717) is 11.1 Å². The molecule has 4 N–H and O–H groups in total. The molecule has 0 spiro atoms. The van der Waals surface area contributed by atoms with Crippen LogP contribution < -0.4 is 16.7 Å². The molecule has 0 aliphatic rings. The third-order valence-corrected chi connectivity index (χ3v) is 2.41. The van der Waals surface area contributed by atoms with Crippen molar-refractivity contribution in [1.29, 1.82) is 5.26 Å². The summed E-state index contributed by atoms with van der Waals surface area (Å²) in [7, 11) is 0. The van der Waals surface area contributed by atoms with Crippen molar-refractivity contribution in [3.8, 4) is 6.07 Å². The van der Waals surface area contributed by atoms with Crippen molar-refractivity contribution in [1.82, 2.24) is 10.4 Å². The number of hydrazine groups is 1. The lowest BCUT2D eigenvalue weighted by Gasteiger charge is -2.03. The van der Waals surface area contributed by atoms with Crippen LogP contribution in [0.15, 0.2) is 29.2 Å². The number of amides is 1. The van der Waals surface area contributed by atoms with Crippen molar-refractivity contribution in [2.75, 3.05) is 0 Å². The Morgan fingerprint density at radius 2 is 2.24 bits per heavy atom. The molecule has 0 aliphatic carbocycles. The fourth-order valence-corrected chi connectivity index (χ4v) is 1.59. The van der Waals surface area contributed by atoms with Crippen LogP contribution in [-0.4, -0.2) is 10.9 Å². The lowest BCUT2D eigenvalue weighted by molar-refractivity contribution is 0.0952. The number of nitrogens with one attached hydrogen (secondary N) is 2. The van der Waals surface area contributed by atoms with Gasteiger partial charge in [0.1, 0.15) is 11.6 Å². The maximum absolute atomic E-state index is 12.0. The van der Waals surface area contributed by atoms with Crippen LogP contribution in [0.5, 0.6) is 0 Å². The highest BCUT2D eigenvalue weighted by Crippen LogP contribution is 2.12. The Balaban J connectivity index is 2.83. The molecule has 0 aliphatic heterocycles. The van der Waals surface area contributed by atoms with Gasteiger partial charge >= 0.3 is 0 Å². The molecule has 0 saturated carbocycles. The molecule has 0 radical (unpaired) electrons. The fourth-order valence-electron chi connectivity index (χ4n) is 1.59. The Bertz CT molecular complexity index is 697. The highest BCUT2D eigenvalue weighted by molar-refractivity contribution is 5.97. The van der Waals surface area contributed by atoms with Gasteiger partial charge in [0.15, 0.2) is 0 Å². The standard InChI is InChI=1S/C11H8N4O2/c12-4-6-2-1-3-7-9(6)14-5-8(10(7)16)11(17)15-13/h1-3,5H,13H2,(H,14,16)(H,15,17). The van der Waals surface area contributed by atoms with E-state index in [-0.39, 0.29) is 10.9 Å². The molecule has 0 saturated heterocycles. The first-order chi connectivity index (χ1) is 8.19. The summed E-state index contributed by atoms with van der Waals surface area (Å²) in [5.41, 5.74) is 2.10. The number of aromatic amines is 1. The average Bonchev–Trinajstić information content (AvgIpc) is 2.38. The number of hydrogen-bond acceptors (Lipinski definition) is 4. The number of para-hydroxylation sites is 1. The predicted octanol–water partition coefficient (Wildman–Crippen LogP) is 0.00328. The lowest BCUT2D eigenvalue weighted by atomic mass is 10.1. The number of fused-ring (bicyclic) bond motifs is 1. The largest absolute Gasteiger partial charge is 0.359 e. The van der Waals surface area contributed by atoms with Gasteiger partial charge < -0.3 is 4.98 Å². The minimum absolute atomic E-state index is 0.0879. The number of nitriles is 1. The van der Waals surface area contributed by atoms with E-state index in [0.717, 1.165) is 0 Å². The third kappa shape index (κ3) is 1.64. The fraction of sp³-hybridized carbons (Fsp3) is 0. The first kappa shape index (κ1) is 10.9. The van der Waals surface area contributed by atoms with Crippen molar-refractivity contribution < 1.29 is 4.79 Å². The van der Waals surface area contributed by atoms with E-state index in [1.807, 2.05) is 11.5 Å². The number of nitrogen functional groups attached to an aromatic ring is 1. The lowest BCUT2D eigenvalue weighted by Crippen LogP contribution is -2.33. The second-order valence-electron chi connectivity index (χ2n) is 3.34. The minimum atomic E-state index is -0.671. The van der Waals surface area contributed by atoms with Crippen molar-refractivity contribution in [3.05, 3.63) is 45.7 Å². The smallest absolute Gasteiger partial charge is 0.270 e. The molecule has 0 fully saturated rings. The molecule has 6 heteroatoms. The summed E-state index contributed by atoms with van der Waals surface area (Å²) in [4.78, 5) is 26.0. The number of pyridine rings is 1. The van der Waals surface area contributed by atoms with E-state index in [1.165, 1.54) is 6.20 Å². The molecule has 2 rings (SSSR count). The van der Waals surface area contributed by atoms with Gasteiger partial charge in [-0.25, -0.2) is 5.84 Å². The van der Waals surface area contributed by atoms with Gasteiger partial charge in [0.2, 0.25) is 5.43 Å². The maximum Gasteiger partial charge on any atom is 0.270 e. The van der Waals surface area contributed by atoms with Crippen LogP contribution in [-0.2, 0) is 0 Å². The van der Waals surface area contributed by atoms with Crippen LogP contribution in [0.25, 0.3) is 10.9 Å². The third-order valence-electron chi connectivity index (χ3n) is 2.41. The first-order valence-electron chi connectivity index (χ1n) is 4.74. The van der Waals surface area contributed by atoms with Gasteiger partial charge in [0.05, 0.1) is 11.1 Å². The zero-order valence-electron chi connectivity index (χ0n) is 8.65. The molecule has 2 aromatic rings. The maximum atomic E-state index is 12.0. The van der Waals surface area contributed by atoms with Gasteiger partial charge in [-0.1, -0.05) is 6.07 Å². The summed E-state index contributed by atoms with van der Waals surface area (Å²) in [5.74, 6) is 4.30. The Labute approximate surface area is 95.6 Å². The van der Waals surface area contributed by atoms with Gasteiger partial charge in [-0.15, -0.1) is 0 Å². The quantitative estimate of drug-likeness (QED) is 0.362. The molecule has 1 amide bonds. The van der Waals surface area contributed by atoms with Crippen molar-refractivity contribution in [2.45, 2.75) is 0 Å². The molecule has 6 nitrogen and oxygen atoms in total. The number of hydrogen-bond donors (Lipinski definition) is 3. The topological polar surface area (TPSA) is 112 Å². The van der Waals surface area contributed by atoms with E-state index in [9.17, 15) is 9.59 Å². The number of nitrogens with zero attached hydrogens (tertiary/aromatic N) is 1. The molecule has 1 aromatic carbocycles. The summed E-state index contributed by atoms with van der Waals surface area (Å²) in [6.45, 7) is 0. The molecule has 0 unspecified atom stereocenters. The number of carbonyl (C=O) groups excluding carboxylic acids is 1. The molecular formula is C11H8N4O2. The van der Waals surface area contributed by atoms with Gasteiger partial charge in [-0.3, -0.25) is 15.0 Å². The first-order valence-corrected chi connectivity index (χ1v) is 4.74. The van der Waals surface area contributed by atoms with Crippen LogP contribution in [0.1, 0.15) is 15.9 Å². The molecule has 1 aromatic heterocycles. The van der Waals surface area contributed by atoms with E-state index < -0.39 is 11.3 Å². The number of H-pyrrole nitrogens is 1. The monoisotopic (exact) mass is 228 g/mol. The summed E-state index contributed by atoms with van der Waals surface area (Å²) < 4.78 is 0. The molecule has 0 bridgehead atoms. The second kappa shape index (κ2) is 4.08. The van der Waals surface area contributed by atoms with Crippen LogP contribution in [0.3, 0.4) is 0 Å². The van der Waals surface area contributed by atoms with E-state index in [4.69, 9.17) is 11.1 Å². The minimum Gasteiger partial charge on any atom is -0.359 e. The van der Waals surface area contributed by atoms with E-state index in [1.54, 1.807) is 18.2 Å². The summed E-state index contributed by atoms with van der Waals surface area (Å²) >= 11 is 0. The van der Waals surface area contributed by atoms with Crippen LogP contribution >= 0.6 is 0 Å². The summed E-state index contributed by atoms with van der Waals surface area (Å²) in [5, 5.41) is 9.16. The van der Waals surface area contributed by atoms with Crippen molar-refractivity contribution in [3.63, 3.8) is 0 Å². The summed E-state index contributed by atoms with van der Waals surface area (Å²) in [6.07, 6.45) is 1.24. The summed E-state index contributed by atoms with van der Waals surface area (Å²) in [6, 6.07) is 6.68. The zero-order valence-corrected chi connectivity index (χ0v) is 8.65. The van der Waals surface area contributed by atoms with Crippen molar-refractivity contribution in [2.24, 2.45) is 5.84 Å². The Morgan fingerprint density at radius 3 is 2.88 bits per heavy atom. The van der Waals surface area contributed by atoms with Gasteiger partial charge in [0.25, 0.3) is 5.91 Å². The normalized spacial score (nSPS) is 9.88. The number of benzene rings is 1. The SMILES string of the molecule is N#Cc1cccc2c(=O)c(C(=O)NN)c[nH]c12. The number of rotatable bonds is 1. The molecule has 1 heterocycles. The number of carbonyl (C=O) groups is 1. The van der Waals surface area contributed by atoms with Gasteiger partial charge in [-0.05, 0) is 12.1 Å². The molecule has 17 heavy (non-hydrogen) atoms. The average molecular weight is 228 g/mol. The van der Waals surface area contributed by atoms with Crippen LogP contribution in [0.4, 0.5) is 0 Å². The highest BCUT2D eigenvalue weighted by atomic mass is 16.2. The van der Waals surface area contributed by atoms with E-state index in [2.05, 4.69) is 4.98 Å². The highest BCUT2D eigenvalue weighted by Gasteiger charge is 2.12. The molecular weight excluding hydrogens is 220 g/mol. The number of aromatic nitrogens is 1. The van der Waals surface area contributed by atoms with Crippen LogP contribution in [0.2, 0.25) is 0 Å². The Morgan fingerprint density at radius 1 is 1.47 bits per heavy atom.